The average Bonchev–Trinajstić information content (AvgIpc) is 2.31. The van der Waals surface area contributed by atoms with E-state index in [4.69, 9.17) is 18.0 Å². The molecule has 0 saturated carbocycles. The Morgan fingerprint density at radius 1 is 1.14 bits per heavy atom. The Bertz CT molecular complexity index is 350. The predicted molar refractivity (Wildman–Crippen MR) is 89.4 cm³/mol. The number of carbonyl (C=O) groups is 1. The van der Waals surface area contributed by atoms with Gasteiger partial charge in [-0.05, 0) is 54.9 Å². The van der Waals surface area contributed by atoms with Crippen molar-refractivity contribution in [3.8, 4) is 0 Å². The van der Waals surface area contributed by atoms with E-state index >= 15 is 0 Å². The number of carbonyl (C=O) groups excluding carboxylic acids is 1. The second-order valence-electron chi connectivity index (χ2n) is 6.69. The van der Waals surface area contributed by atoms with E-state index in [9.17, 15) is 4.79 Å². The molecule has 0 bridgehead atoms. The zero-order chi connectivity index (χ0) is 17.6. The molecule has 0 saturated heterocycles. The van der Waals surface area contributed by atoms with Crippen LogP contribution >= 0.6 is 0 Å². The highest BCUT2D eigenvalue weighted by molar-refractivity contribution is 6.62. The van der Waals surface area contributed by atoms with E-state index in [-0.39, 0.29) is 12.2 Å². The lowest BCUT2D eigenvalue weighted by Gasteiger charge is -2.41. The summed E-state index contributed by atoms with van der Waals surface area (Å²) in [6.07, 6.45) is 1.47. The summed E-state index contributed by atoms with van der Waals surface area (Å²) in [5.74, 6) is -0.499. The van der Waals surface area contributed by atoms with E-state index in [0.29, 0.717) is 6.42 Å². The highest BCUT2D eigenvalue weighted by Gasteiger charge is 2.55. The molecule has 0 aromatic carbocycles. The Labute approximate surface area is 136 Å². The topological polar surface area (TPSA) is 54.0 Å². The van der Waals surface area contributed by atoms with Gasteiger partial charge in [0.25, 0.3) is 0 Å². The minimum absolute atomic E-state index is 0.107. The second kappa shape index (κ2) is 8.81. The van der Waals surface area contributed by atoms with Crippen LogP contribution in [0.2, 0.25) is 0 Å². The van der Waals surface area contributed by atoms with E-state index in [0.717, 1.165) is 6.08 Å². The van der Waals surface area contributed by atoms with Crippen molar-refractivity contribution >= 4 is 14.8 Å². The highest BCUT2D eigenvalue weighted by Crippen LogP contribution is 2.29. The second-order valence-corrected chi connectivity index (χ2v) is 9.22. The summed E-state index contributed by atoms with van der Waals surface area (Å²) < 4.78 is 23.9. The molecule has 6 heteroatoms. The molecule has 0 spiro atoms. The van der Waals surface area contributed by atoms with Gasteiger partial charge in [0.2, 0.25) is 0 Å². The monoisotopic (exact) mass is 332 g/mol. The van der Waals surface area contributed by atoms with Crippen molar-refractivity contribution in [1.82, 2.24) is 0 Å². The van der Waals surface area contributed by atoms with Gasteiger partial charge in [-0.3, -0.25) is 0 Å². The van der Waals surface area contributed by atoms with Gasteiger partial charge < -0.3 is 18.0 Å². The van der Waals surface area contributed by atoms with Gasteiger partial charge in [0.1, 0.15) is 0 Å². The Balaban J connectivity index is 5.72. The number of ether oxygens (including phenoxy) is 1. The van der Waals surface area contributed by atoms with Crippen molar-refractivity contribution < 1.29 is 22.8 Å². The zero-order valence-electron chi connectivity index (χ0n) is 15.3. The van der Waals surface area contributed by atoms with Crippen LogP contribution in [0.3, 0.4) is 0 Å². The number of esters is 1. The smallest absolute Gasteiger partial charge is 0.455 e. The van der Waals surface area contributed by atoms with Crippen LogP contribution in [-0.2, 0) is 22.8 Å². The summed E-state index contributed by atoms with van der Waals surface area (Å²) in [4.78, 5) is 11.7. The van der Waals surface area contributed by atoms with Crippen LogP contribution in [-0.4, -0.2) is 38.3 Å². The summed E-state index contributed by atoms with van der Waals surface area (Å²) in [5.41, 5.74) is -1.05. The molecule has 0 aromatic rings. The molecule has 1 unspecified atom stereocenters. The Hall–Kier alpha value is -0.693. The Morgan fingerprint density at radius 3 is 1.86 bits per heavy atom. The minimum atomic E-state index is -3.26. The van der Waals surface area contributed by atoms with Crippen molar-refractivity contribution in [1.29, 1.82) is 0 Å². The number of hydrogen-bond donors (Lipinski definition) is 0. The molecule has 22 heavy (non-hydrogen) atoms. The molecule has 1 atom stereocenters. The van der Waals surface area contributed by atoms with Gasteiger partial charge in [-0.25, -0.2) is 4.79 Å². The highest BCUT2D eigenvalue weighted by atomic mass is 28.4. The van der Waals surface area contributed by atoms with Gasteiger partial charge >= 0.3 is 14.8 Å². The molecule has 0 fully saturated rings. The van der Waals surface area contributed by atoms with Gasteiger partial charge in [0.15, 0.2) is 5.73 Å². The van der Waals surface area contributed by atoms with Crippen LogP contribution in [0.15, 0.2) is 12.7 Å². The van der Waals surface area contributed by atoms with Gasteiger partial charge in [-0.2, -0.15) is 0 Å². The van der Waals surface area contributed by atoms with Gasteiger partial charge in [-0.15, -0.1) is 0 Å². The first-order chi connectivity index (χ1) is 9.95. The average molecular weight is 333 g/mol. The first-order valence-corrected chi connectivity index (χ1v) is 9.64. The van der Waals surface area contributed by atoms with Crippen LogP contribution in [0.25, 0.3) is 0 Å². The molecule has 0 heterocycles. The first kappa shape index (κ1) is 21.3. The summed E-state index contributed by atoms with van der Waals surface area (Å²) >= 11 is 0. The Morgan fingerprint density at radius 2 is 1.59 bits per heavy atom. The third-order valence-corrected chi connectivity index (χ3v) is 6.25. The standard InChI is InChI=1S/C16H32O5Si/c1-10-14(17)18-15(11-2)22(19-12(3)4,20-13(5)6)21-16(7,8)9/h10,12-13,15H,1,11H2,2-9H3. The largest absolute Gasteiger partial charge is 0.544 e. The van der Waals surface area contributed by atoms with Crippen LogP contribution in [0.4, 0.5) is 0 Å². The van der Waals surface area contributed by atoms with Crippen molar-refractivity contribution in [2.75, 3.05) is 0 Å². The fourth-order valence-electron chi connectivity index (χ4n) is 1.97. The normalized spacial score (nSPS) is 14.3. The van der Waals surface area contributed by atoms with Gasteiger partial charge in [0, 0.05) is 18.3 Å². The van der Waals surface area contributed by atoms with E-state index in [1.807, 2.05) is 55.4 Å². The molecule has 0 aromatic heterocycles. The van der Waals surface area contributed by atoms with Crippen LogP contribution in [0, 0.1) is 0 Å². The minimum Gasteiger partial charge on any atom is -0.455 e. The van der Waals surface area contributed by atoms with Crippen molar-refractivity contribution in [2.45, 2.75) is 85.3 Å². The Kier molecular flexibility index (Phi) is 8.54. The lowest BCUT2D eigenvalue weighted by atomic mass is 10.2. The zero-order valence-corrected chi connectivity index (χ0v) is 16.3. The fourth-order valence-corrected chi connectivity index (χ4v) is 5.49. The van der Waals surface area contributed by atoms with Crippen LogP contribution < -0.4 is 0 Å². The van der Waals surface area contributed by atoms with Crippen LogP contribution in [0.1, 0.15) is 61.8 Å². The van der Waals surface area contributed by atoms with Gasteiger partial charge in [0.05, 0.1) is 5.60 Å². The van der Waals surface area contributed by atoms with Crippen molar-refractivity contribution in [3.05, 3.63) is 12.7 Å². The number of hydrogen-bond acceptors (Lipinski definition) is 5. The van der Waals surface area contributed by atoms with Crippen LogP contribution in [0.5, 0.6) is 0 Å². The molecule has 130 valence electrons. The van der Waals surface area contributed by atoms with E-state index in [2.05, 4.69) is 6.58 Å². The number of rotatable bonds is 9. The summed E-state index contributed by atoms with van der Waals surface area (Å²) in [6, 6.07) is 0. The maximum absolute atomic E-state index is 11.7. The molecule has 0 rings (SSSR count). The van der Waals surface area contributed by atoms with E-state index < -0.39 is 26.1 Å². The quantitative estimate of drug-likeness (QED) is 0.366. The molecular formula is C16H32O5Si. The summed E-state index contributed by atoms with van der Waals surface area (Å²) in [5, 5.41) is 0. The van der Waals surface area contributed by atoms with Crippen molar-refractivity contribution in [3.63, 3.8) is 0 Å². The molecular weight excluding hydrogens is 300 g/mol. The van der Waals surface area contributed by atoms with E-state index in [1.165, 1.54) is 0 Å². The SMILES string of the molecule is C=CC(=O)OC(CC)[Si](OC(C)C)(OC(C)C)OC(C)(C)C. The molecule has 0 radical (unpaired) electrons. The molecule has 0 N–H and O–H groups in total. The summed E-state index contributed by atoms with van der Waals surface area (Å²) in [6.45, 7) is 18.8. The van der Waals surface area contributed by atoms with Crippen molar-refractivity contribution in [2.24, 2.45) is 0 Å². The maximum atomic E-state index is 11.7. The summed E-state index contributed by atoms with van der Waals surface area (Å²) in [7, 11) is -3.26. The lowest BCUT2D eigenvalue weighted by molar-refractivity contribution is -0.146. The first-order valence-electron chi connectivity index (χ1n) is 7.84. The third-order valence-electron chi connectivity index (χ3n) is 2.44. The molecule has 0 aliphatic rings. The van der Waals surface area contributed by atoms with E-state index in [1.54, 1.807) is 0 Å². The molecule has 0 aliphatic carbocycles. The molecule has 0 aliphatic heterocycles. The predicted octanol–water partition coefficient (Wildman–Crippen LogP) is 3.64. The molecule has 0 amide bonds. The van der Waals surface area contributed by atoms with Gasteiger partial charge in [-0.1, -0.05) is 13.5 Å². The lowest BCUT2D eigenvalue weighted by Crippen LogP contribution is -2.62. The maximum Gasteiger partial charge on any atom is 0.544 e. The fraction of sp³-hybridized carbons (Fsp3) is 0.812. The third kappa shape index (κ3) is 7.53. The molecule has 5 nitrogen and oxygen atoms in total.